The lowest BCUT2D eigenvalue weighted by molar-refractivity contribution is -0.140. The van der Waals surface area contributed by atoms with Gasteiger partial charge in [0.1, 0.15) is 23.5 Å². The van der Waals surface area contributed by atoms with E-state index in [1.54, 1.807) is 24.0 Å². The molecule has 1 saturated carbocycles. The topological polar surface area (TPSA) is 206 Å². The molecule has 50 heavy (non-hydrogen) atoms. The molecule has 0 unspecified atom stereocenters. The molecule has 2 saturated heterocycles. The van der Waals surface area contributed by atoms with Gasteiger partial charge < -0.3 is 34.8 Å². The highest BCUT2D eigenvalue weighted by atomic mass is 16.6. The van der Waals surface area contributed by atoms with Crippen LogP contribution in [-0.2, 0) is 23.9 Å². The summed E-state index contributed by atoms with van der Waals surface area (Å²) in [5.74, 6) is 3.39. The van der Waals surface area contributed by atoms with Crippen molar-refractivity contribution >= 4 is 46.5 Å². The van der Waals surface area contributed by atoms with Crippen molar-refractivity contribution in [3.63, 3.8) is 0 Å². The molecule has 1 aromatic heterocycles. The van der Waals surface area contributed by atoms with E-state index in [1.807, 2.05) is 18.4 Å². The number of carbonyl (C=O) groups excluding carboxylic acids is 6. The Labute approximate surface area is 290 Å². The number of carbonyl (C=O) groups is 6. The molecule has 0 bridgehead atoms. The summed E-state index contributed by atoms with van der Waals surface area (Å²) in [7, 11) is 0. The van der Waals surface area contributed by atoms with E-state index >= 15 is 0 Å². The van der Waals surface area contributed by atoms with Crippen molar-refractivity contribution < 1.29 is 38.2 Å². The molecule has 6 amide bonds. The Morgan fingerprint density at radius 3 is 2.40 bits per heavy atom. The van der Waals surface area contributed by atoms with Crippen molar-refractivity contribution in [3.05, 3.63) is 35.5 Å². The van der Waals surface area contributed by atoms with Crippen molar-refractivity contribution in [2.24, 2.45) is 5.84 Å². The largest absolute Gasteiger partial charge is 0.483 e. The third-order valence-corrected chi connectivity index (χ3v) is 9.38. The van der Waals surface area contributed by atoms with Crippen molar-refractivity contribution in [2.45, 2.75) is 76.9 Å². The zero-order valence-corrected chi connectivity index (χ0v) is 28.6. The van der Waals surface area contributed by atoms with Crippen LogP contribution in [0.15, 0.2) is 24.3 Å². The van der Waals surface area contributed by atoms with E-state index in [0.717, 1.165) is 24.8 Å². The fourth-order valence-electron chi connectivity index (χ4n) is 6.33. The third-order valence-electron chi connectivity index (χ3n) is 9.38. The molecule has 2 aliphatic heterocycles. The molecular weight excluding hydrogens is 648 g/mol. The molecule has 1 aromatic carbocycles. The highest BCUT2D eigenvalue weighted by Crippen LogP contribution is 2.28. The molecule has 2 atom stereocenters. The summed E-state index contributed by atoms with van der Waals surface area (Å²) in [6.07, 6.45) is 3.65. The first-order valence-electron chi connectivity index (χ1n) is 17.2. The van der Waals surface area contributed by atoms with Gasteiger partial charge in [-0.2, -0.15) is 0 Å². The van der Waals surface area contributed by atoms with Crippen molar-refractivity contribution in [1.82, 2.24) is 35.7 Å². The number of nitrogens with zero attached hydrogens (tertiary/aromatic N) is 4. The Bertz CT molecular complexity index is 1610. The second kappa shape index (κ2) is 16.6. The number of benzene rings is 1. The van der Waals surface area contributed by atoms with Gasteiger partial charge in [-0.25, -0.2) is 15.6 Å². The lowest BCUT2D eigenvalue weighted by atomic mass is 9.93. The summed E-state index contributed by atoms with van der Waals surface area (Å²) in [5.41, 5.74) is 3.30. The maximum absolute atomic E-state index is 13.7. The molecular formula is C34H46N8O8. The highest BCUT2D eigenvalue weighted by Gasteiger charge is 2.36. The quantitative estimate of drug-likeness (QED) is 0.139. The van der Waals surface area contributed by atoms with Crippen LogP contribution in [0, 0.1) is 6.92 Å². The minimum Gasteiger partial charge on any atom is -0.483 e. The minimum atomic E-state index is -1.10. The number of nitrogens with one attached hydrogen (secondary N) is 3. The van der Waals surface area contributed by atoms with E-state index in [9.17, 15) is 28.8 Å². The second-order valence-electron chi connectivity index (χ2n) is 12.8. The van der Waals surface area contributed by atoms with Gasteiger partial charge in [-0.1, -0.05) is 6.07 Å². The van der Waals surface area contributed by atoms with Gasteiger partial charge in [0.25, 0.3) is 11.8 Å². The standard InChI is InChI=1S/C34H46N8O8/c1-3-49-34(48)41-16-14-40(15-17-41)33(47)24(11-12-29(43)39-35)38-31(45)26-19-28(23-10-9-21(2)18-25(23)37-26)50-20-30(44)42-13-5-8-27(42)32(46)36-22-6-4-7-22/h9-10,18-19,22,24,27H,3-8,11-17,20,35H2,1-2H3,(H,36,46)(H,38,45)(H,39,43)/t24-,27-/m0/s1. The van der Waals surface area contributed by atoms with Gasteiger partial charge in [-0.3, -0.25) is 29.4 Å². The van der Waals surface area contributed by atoms with E-state index in [4.69, 9.17) is 15.3 Å². The summed E-state index contributed by atoms with van der Waals surface area (Å²) in [6, 6.07) is 5.36. The Hall–Kier alpha value is -4.99. The minimum absolute atomic E-state index is 0.0401. The van der Waals surface area contributed by atoms with Crippen LogP contribution in [0.5, 0.6) is 5.75 Å². The van der Waals surface area contributed by atoms with Crippen LogP contribution in [0.3, 0.4) is 0 Å². The SMILES string of the molecule is CCOC(=O)N1CCN(C(=O)[C@H](CCC(=O)NN)NC(=O)c2cc(OCC(=O)N3CCC[C@H]3C(=O)NC3CCC3)c3ccc(C)cc3n2)CC1. The molecule has 0 spiro atoms. The molecule has 5 N–H and O–H groups in total. The van der Waals surface area contributed by atoms with Crippen LogP contribution >= 0.6 is 0 Å². The lowest BCUT2D eigenvalue weighted by Crippen LogP contribution is -2.56. The van der Waals surface area contributed by atoms with Gasteiger partial charge in [-0.05, 0) is 70.1 Å². The molecule has 0 radical (unpaired) electrons. The van der Waals surface area contributed by atoms with Crippen LogP contribution < -0.4 is 26.6 Å². The number of piperazine rings is 1. The first-order chi connectivity index (χ1) is 24.1. The molecule has 16 nitrogen and oxygen atoms in total. The summed E-state index contributed by atoms with van der Waals surface area (Å²) in [4.78, 5) is 86.9. The number of aromatic nitrogens is 1. The molecule has 3 fully saturated rings. The van der Waals surface area contributed by atoms with Crippen LogP contribution in [0.4, 0.5) is 4.79 Å². The summed E-state index contributed by atoms with van der Waals surface area (Å²) in [6.45, 7) is 4.85. The van der Waals surface area contributed by atoms with E-state index in [1.165, 1.54) is 15.9 Å². The van der Waals surface area contributed by atoms with E-state index in [-0.39, 0.29) is 81.5 Å². The molecule has 5 rings (SSSR count). The molecule has 1 aliphatic carbocycles. The van der Waals surface area contributed by atoms with Crippen molar-refractivity contribution in [3.8, 4) is 5.75 Å². The predicted octanol–water partition coefficient (Wildman–Crippen LogP) is 0.751. The van der Waals surface area contributed by atoms with E-state index in [2.05, 4.69) is 15.6 Å². The number of fused-ring (bicyclic) bond motifs is 1. The summed E-state index contributed by atoms with van der Waals surface area (Å²) in [5, 5.41) is 6.34. The zero-order valence-electron chi connectivity index (χ0n) is 28.6. The lowest BCUT2D eigenvalue weighted by Gasteiger charge is -2.36. The highest BCUT2D eigenvalue weighted by molar-refractivity contribution is 5.99. The van der Waals surface area contributed by atoms with Crippen molar-refractivity contribution in [2.75, 3.05) is 45.9 Å². The van der Waals surface area contributed by atoms with Gasteiger partial charge >= 0.3 is 6.09 Å². The van der Waals surface area contributed by atoms with Crippen LogP contribution in [0.1, 0.15) is 67.9 Å². The first kappa shape index (κ1) is 36.3. The Morgan fingerprint density at radius 2 is 1.72 bits per heavy atom. The average molecular weight is 695 g/mol. The molecule has 16 heteroatoms. The van der Waals surface area contributed by atoms with Crippen LogP contribution in [-0.4, -0.2) is 119 Å². The van der Waals surface area contributed by atoms with Crippen molar-refractivity contribution in [1.29, 1.82) is 0 Å². The number of ether oxygens (including phenoxy) is 2. The van der Waals surface area contributed by atoms with Crippen LogP contribution in [0.25, 0.3) is 10.9 Å². The zero-order chi connectivity index (χ0) is 35.8. The van der Waals surface area contributed by atoms with Gasteiger partial charge in [0, 0.05) is 56.6 Å². The smallest absolute Gasteiger partial charge is 0.409 e. The number of hydrogen-bond acceptors (Lipinski definition) is 10. The second-order valence-corrected chi connectivity index (χ2v) is 12.8. The number of pyridine rings is 1. The number of hydrogen-bond donors (Lipinski definition) is 4. The fourth-order valence-corrected chi connectivity index (χ4v) is 6.33. The number of nitrogens with two attached hydrogens (primary N) is 1. The van der Waals surface area contributed by atoms with E-state index in [0.29, 0.717) is 30.3 Å². The summed E-state index contributed by atoms with van der Waals surface area (Å²) >= 11 is 0. The molecule has 3 aliphatic rings. The van der Waals surface area contributed by atoms with Gasteiger partial charge in [0.05, 0.1) is 12.1 Å². The van der Waals surface area contributed by atoms with Gasteiger partial charge in [0.2, 0.25) is 17.7 Å². The fraction of sp³-hybridized carbons (Fsp3) is 0.559. The Balaban J connectivity index is 1.30. The van der Waals surface area contributed by atoms with Gasteiger partial charge in [-0.15, -0.1) is 0 Å². The maximum Gasteiger partial charge on any atom is 0.409 e. The first-order valence-corrected chi connectivity index (χ1v) is 17.2. The van der Waals surface area contributed by atoms with Gasteiger partial charge in [0.15, 0.2) is 6.61 Å². The number of rotatable bonds is 12. The number of amides is 6. The average Bonchev–Trinajstić information content (AvgIpc) is 3.60. The molecule has 3 heterocycles. The van der Waals surface area contributed by atoms with E-state index < -0.39 is 35.9 Å². The molecule has 2 aromatic rings. The number of hydrazine groups is 1. The Morgan fingerprint density at radius 1 is 0.980 bits per heavy atom. The number of aryl methyl sites for hydroxylation is 1. The monoisotopic (exact) mass is 694 g/mol. The molecule has 270 valence electrons. The normalized spacial score (nSPS) is 18.2. The Kier molecular flexibility index (Phi) is 12.1. The third kappa shape index (κ3) is 8.77. The van der Waals surface area contributed by atoms with Crippen LogP contribution in [0.2, 0.25) is 0 Å². The predicted molar refractivity (Wildman–Crippen MR) is 180 cm³/mol. The maximum atomic E-state index is 13.7. The summed E-state index contributed by atoms with van der Waals surface area (Å²) < 4.78 is 11.1. The number of likely N-dealkylation sites (tertiary alicyclic amines) is 1.